The van der Waals surface area contributed by atoms with Gasteiger partial charge in [-0.05, 0) is 20.8 Å². The maximum absolute atomic E-state index is 5.76. The molecule has 2 aliphatic rings. The molecule has 11 heavy (non-hydrogen) atoms. The van der Waals surface area contributed by atoms with Crippen LogP contribution in [0.1, 0.15) is 20.8 Å². The Morgan fingerprint density at radius 3 is 2.73 bits per heavy atom. The van der Waals surface area contributed by atoms with Gasteiger partial charge in [-0.2, -0.15) is 0 Å². The minimum absolute atomic E-state index is 0.0972. The summed E-state index contributed by atoms with van der Waals surface area (Å²) >= 11 is 1.95. The lowest BCUT2D eigenvalue weighted by Gasteiger charge is -2.42. The van der Waals surface area contributed by atoms with Gasteiger partial charge in [-0.3, -0.25) is 0 Å². The SMILES string of the molecule is CC12OCC(CSC1(C)C)O2. The van der Waals surface area contributed by atoms with Gasteiger partial charge in [0.25, 0.3) is 0 Å². The average Bonchev–Trinajstić information content (AvgIpc) is 2.25. The summed E-state index contributed by atoms with van der Waals surface area (Å²) in [4.78, 5) is 0. The van der Waals surface area contributed by atoms with Crippen LogP contribution in [0.5, 0.6) is 0 Å². The lowest BCUT2D eigenvalue weighted by Crippen LogP contribution is -2.49. The van der Waals surface area contributed by atoms with Crippen molar-refractivity contribution < 1.29 is 9.47 Å². The molecule has 2 saturated heterocycles. The van der Waals surface area contributed by atoms with Crippen molar-refractivity contribution in [3.8, 4) is 0 Å². The summed E-state index contributed by atoms with van der Waals surface area (Å²) in [5, 5.41) is 0. The van der Waals surface area contributed by atoms with Crippen molar-refractivity contribution in [2.75, 3.05) is 12.4 Å². The highest BCUT2D eigenvalue weighted by Gasteiger charge is 2.53. The molecule has 3 heteroatoms. The van der Waals surface area contributed by atoms with E-state index in [-0.39, 0.29) is 10.5 Å². The molecular weight excluding hydrogens is 160 g/mol. The molecule has 2 bridgehead atoms. The van der Waals surface area contributed by atoms with E-state index in [2.05, 4.69) is 13.8 Å². The van der Waals surface area contributed by atoms with Gasteiger partial charge >= 0.3 is 0 Å². The Labute approximate surface area is 71.6 Å². The van der Waals surface area contributed by atoms with Crippen LogP contribution >= 0.6 is 11.8 Å². The van der Waals surface area contributed by atoms with Crippen molar-refractivity contribution in [1.29, 1.82) is 0 Å². The third kappa shape index (κ3) is 1.02. The molecule has 2 aliphatic heterocycles. The smallest absolute Gasteiger partial charge is 0.180 e. The van der Waals surface area contributed by atoms with Crippen LogP contribution in [0.15, 0.2) is 0 Å². The highest BCUT2D eigenvalue weighted by atomic mass is 32.2. The molecule has 2 nitrogen and oxygen atoms in total. The number of thioether (sulfide) groups is 1. The first-order valence-electron chi connectivity index (χ1n) is 3.99. The third-order valence-electron chi connectivity index (χ3n) is 2.66. The molecule has 64 valence electrons. The van der Waals surface area contributed by atoms with Gasteiger partial charge in [-0.25, -0.2) is 0 Å². The van der Waals surface area contributed by atoms with Crippen LogP contribution in [0.2, 0.25) is 0 Å². The fraction of sp³-hybridized carbons (Fsp3) is 1.00. The Balaban J connectivity index is 2.27. The van der Waals surface area contributed by atoms with Crippen molar-refractivity contribution in [2.45, 2.75) is 37.4 Å². The van der Waals surface area contributed by atoms with Gasteiger partial charge in [0.1, 0.15) is 0 Å². The molecule has 0 radical (unpaired) electrons. The first-order valence-corrected chi connectivity index (χ1v) is 4.98. The first-order chi connectivity index (χ1) is 5.04. The van der Waals surface area contributed by atoms with Crippen molar-refractivity contribution in [3.05, 3.63) is 0 Å². The topological polar surface area (TPSA) is 18.5 Å². The monoisotopic (exact) mass is 174 g/mol. The maximum Gasteiger partial charge on any atom is 0.180 e. The summed E-state index contributed by atoms with van der Waals surface area (Å²) in [5.41, 5.74) is 0. The van der Waals surface area contributed by atoms with Crippen LogP contribution in [0.4, 0.5) is 0 Å². The molecule has 0 aromatic heterocycles. The zero-order chi connectivity index (χ0) is 8.11. The molecule has 0 N–H and O–H groups in total. The van der Waals surface area contributed by atoms with E-state index < -0.39 is 0 Å². The zero-order valence-corrected chi connectivity index (χ0v) is 8.03. The average molecular weight is 174 g/mol. The molecule has 0 aliphatic carbocycles. The Morgan fingerprint density at radius 2 is 2.09 bits per heavy atom. The number of rotatable bonds is 0. The summed E-state index contributed by atoms with van der Waals surface area (Å²) in [5.74, 6) is 0.725. The van der Waals surface area contributed by atoms with Crippen molar-refractivity contribution in [2.24, 2.45) is 0 Å². The molecular formula is C8H14O2S. The van der Waals surface area contributed by atoms with E-state index in [1.54, 1.807) is 0 Å². The summed E-state index contributed by atoms with van der Waals surface area (Å²) < 4.78 is 11.5. The fourth-order valence-corrected chi connectivity index (χ4v) is 2.60. The first kappa shape index (κ1) is 7.90. The minimum Gasteiger partial charge on any atom is -0.346 e. The number of hydrogen-bond donors (Lipinski definition) is 0. The van der Waals surface area contributed by atoms with Gasteiger partial charge in [-0.1, -0.05) is 0 Å². The van der Waals surface area contributed by atoms with E-state index in [0.717, 1.165) is 12.4 Å². The predicted molar refractivity (Wildman–Crippen MR) is 45.8 cm³/mol. The largest absolute Gasteiger partial charge is 0.346 e. The molecule has 2 rings (SSSR count). The quantitative estimate of drug-likeness (QED) is 0.556. The van der Waals surface area contributed by atoms with Crippen LogP contribution in [0.3, 0.4) is 0 Å². The van der Waals surface area contributed by atoms with Crippen LogP contribution in [0, 0.1) is 0 Å². The zero-order valence-electron chi connectivity index (χ0n) is 7.22. The van der Waals surface area contributed by atoms with Gasteiger partial charge < -0.3 is 9.47 Å². The van der Waals surface area contributed by atoms with Crippen molar-refractivity contribution >= 4 is 11.8 Å². The number of fused-ring (bicyclic) bond motifs is 2. The normalized spacial score (nSPS) is 47.7. The Bertz CT molecular complexity index is 181. The summed E-state index contributed by atoms with van der Waals surface area (Å²) in [6.45, 7) is 7.17. The molecule has 0 spiro atoms. The molecule has 2 unspecified atom stereocenters. The number of hydrogen-bond acceptors (Lipinski definition) is 3. The van der Waals surface area contributed by atoms with E-state index in [0.29, 0.717) is 6.10 Å². The molecule has 2 fully saturated rings. The van der Waals surface area contributed by atoms with E-state index >= 15 is 0 Å². The Morgan fingerprint density at radius 1 is 1.36 bits per heavy atom. The van der Waals surface area contributed by atoms with Gasteiger partial charge in [0.15, 0.2) is 5.79 Å². The van der Waals surface area contributed by atoms with Crippen LogP contribution < -0.4 is 0 Å². The van der Waals surface area contributed by atoms with Crippen LogP contribution in [0.25, 0.3) is 0 Å². The van der Waals surface area contributed by atoms with E-state index in [9.17, 15) is 0 Å². The summed E-state index contributed by atoms with van der Waals surface area (Å²) in [6, 6.07) is 0. The van der Waals surface area contributed by atoms with Crippen LogP contribution in [-0.4, -0.2) is 29.0 Å². The van der Waals surface area contributed by atoms with Crippen molar-refractivity contribution in [3.63, 3.8) is 0 Å². The highest BCUT2D eigenvalue weighted by Crippen LogP contribution is 2.47. The van der Waals surface area contributed by atoms with Crippen LogP contribution in [-0.2, 0) is 9.47 Å². The van der Waals surface area contributed by atoms with Gasteiger partial charge in [0.2, 0.25) is 0 Å². The van der Waals surface area contributed by atoms with Gasteiger partial charge in [-0.15, -0.1) is 11.8 Å². The van der Waals surface area contributed by atoms with Gasteiger partial charge in [0.05, 0.1) is 17.5 Å². The predicted octanol–water partition coefficient (Wildman–Crippen LogP) is 1.64. The lowest BCUT2D eigenvalue weighted by molar-refractivity contribution is -0.173. The molecule has 0 saturated carbocycles. The number of ether oxygens (including phenoxy) is 2. The van der Waals surface area contributed by atoms with Gasteiger partial charge in [0, 0.05) is 5.75 Å². The molecule has 0 amide bonds. The van der Waals surface area contributed by atoms with E-state index in [4.69, 9.17) is 9.47 Å². The Hall–Kier alpha value is 0.270. The standard InChI is InChI=1S/C8H14O2S/c1-7(2)8(3)9-4-6(10-8)5-11-7/h6H,4-5H2,1-3H3. The molecule has 2 atom stereocenters. The summed E-state index contributed by atoms with van der Waals surface area (Å²) in [7, 11) is 0. The highest BCUT2D eigenvalue weighted by molar-refractivity contribution is 8.00. The van der Waals surface area contributed by atoms with E-state index in [1.165, 1.54) is 0 Å². The fourth-order valence-electron chi connectivity index (χ4n) is 1.47. The molecule has 2 heterocycles. The second-order valence-corrected chi connectivity index (χ2v) is 5.46. The molecule has 0 aromatic carbocycles. The summed E-state index contributed by atoms with van der Waals surface area (Å²) in [6.07, 6.45) is 0.332. The van der Waals surface area contributed by atoms with E-state index in [1.807, 2.05) is 18.7 Å². The third-order valence-corrected chi connectivity index (χ3v) is 4.29. The lowest BCUT2D eigenvalue weighted by atomic mass is 10.0. The molecule has 0 aromatic rings. The maximum atomic E-state index is 5.76. The second kappa shape index (κ2) is 2.15. The van der Waals surface area contributed by atoms with Crippen molar-refractivity contribution in [1.82, 2.24) is 0 Å². The second-order valence-electron chi connectivity index (χ2n) is 3.82. The minimum atomic E-state index is -0.347. The Kier molecular flexibility index (Phi) is 1.54.